The van der Waals surface area contributed by atoms with E-state index < -0.39 is 11.7 Å². The highest BCUT2D eigenvalue weighted by atomic mass is 32.1. The summed E-state index contributed by atoms with van der Waals surface area (Å²) in [6.45, 7) is 7.36. The highest BCUT2D eigenvalue weighted by molar-refractivity contribution is 7.11. The SMILES string of the molecule is Cc1nc(C)c(C(C)NC(=O)c2cccc(C)c2F)s1. The Morgan fingerprint density at radius 2 is 2.05 bits per heavy atom. The lowest BCUT2D eigenvalue weighted by atomic mass is 10.1. The van der Waals surface area contributed by atoms with Gasteiger partial charge in [0, 0.05) is 4.88 Å². The third-order valence-corrected chi connectivity index (χ3v) is 4.37. The van der Waals surface area contributed by atoms with Crippen LogP contribution in [0.3, 0.4) is 0 Å². The van der Waals surface area contributed by atoms with E-state index in [1.54, 1.807) is 30.4 Å². The van der Waals surface area contributed by atoms with E-state index in [-0.39, 0.29) is 11.6 Å². The van der Waals surface area contributed by atoms with Crippen molar-refractivity contribution < 1.29 is 9.18 Å². The molecule has 0 radical (unpaired) electrons. The molecular weight excluding hydrogens is 275 g/mol. The molecule has 1 amide bonds. The van der Waals surface area contributed by atoms with Crippen molar-refractivity contribution in [1.29, 1.82) is 0 Å². The van der Waals surface area contributed by atoms with Gasteiger partial charge in [-0.1, -0.05) is 12.1 Å². The Bertz CT molecular complexity index is 651. The van der Waals surface area contributed by atoms with E-state index in [0.29, 0.717) is 5.56 Å². The lowest BCUT2D eigenvalue weighted by Crippen LogP contribution is -2.27. The lowest BCUT2D eigenvalue weighted by molar-refractivity contribution is 0.0936. The molecule has 2 aromatic rings. The van der Waals surface area contributed by atoms with Gasteiger partial charge in [0.2, 0.25) is 0 Å². The summed E-state index contributed by atoms with van der Waals surface area (Å²) >= 11 is 1.55. The van der Waals surface area contributed by atoms with Crippen LogP contribution in [0.5, 0.6) is 0 Å². The van der Waals surface area contributed by atoms with Crippen LogP contribution >= 0.6 is 11.3 Å². The number of thiazole rings is 1. The topological polar surface area (TPSA) is 42.0 Å². The molecule has 1 aromatic carbocycles. The minimum absolute atomic E-state index is 0.0794. The van der Waals surface area contributed by atoms with Crippen molar-refractivity contribution >= 4 is 17.2 Å². The summed E-state index contributed by atoms with van der Waals surface area (Å²) in [5.74, 6) is -0.862. The number of carbonyl (C=O) groups excluding carboxylic acids is 1. The fraction of sp³-hybridized carbons (Fsp3) is 0.333. The number of hydrogen-bond donors (Lipinski definition) is 1. The number of carbonyl (C=O) groups is 1. The minimum atomic E-state index is -0.464. The Hall–Kier alpha value is -1.75. The molecule has 0 saturated carbocycles. The second-order valence-electron chi connectivity index (χ2n) is 4.81. The van der Waals surface area contributed by atoms with Crippen LogP contribution in [-0.4, -0.2) is 10.9 Å². The first kappa shape index (κ1) is 14.7. The highest BCUT2D eigenvalue weighted by Crippen LogP contribution is 2.25. The van der Waals surface area contributed by atoms with Crippen LogP contribution in [0.15, 0.2) is 18.2 Å². The van der Waals surface area contributed by atoms with Gasteiger partial charge < -0.3 is 5.32 Å². The van der Waals surface area contributed by atoms with E-state index in [1.807, 2.05) is 20.8 Å². The van der Waals surface area contributed by atoms with E-state index in [9.17, 15) is 9.18 Å². The van der Waals surface area contributed by atoms with E-state index in [4.69, 9.17) is 0 Å². The smallest absolute Gasteiger partial charge is 0.254 e. The molecule has 1 heterocycles. The number of aryl methyl sites for hydroxylation is 3. The van der Waals surface area contributed by atoms with Crippen molar-refractivity contribution in [3.05, 3.63) is 50.7 Å². The van der Waals surface area contributed by atoms with Gasteiger partial charge >= 0.3 is 0 Å². The summed E-state index contributed by atoms with van der Waals surface area (Å²) in [6.07, 6.45) is 0. The molecule has 0 fully saturated rings. The van der Waals surface area contributed by atoms with Crippen LogP contribution in [0.25, 0.3) is 0 Å². The van der Waals surface area contributed by atoms with Gasteiger partial charge in [0.15, 0.2) is 0 Å². The molecule has 1 aromatic heterocycles. The van der Waals surface area contributed by atoms with E-state index in [0.717, 1.165) is 15.6 Å². The highest BCUT2D eigenvalue weighted by Gasteiger charge is 2.18. The van der Waals surface area contributed by atoms with Gasteiger partial charge in [-0.25, -0.2) is 9.37 Å². The van der Waals surface area contributed by atoms with Crippen molar-refractivity contribution in [1.82, 2.24) is 10.3 Å². The van der Waals surface area contributed by atoms with Crippen molar-refractivity contribution in [2.75, 3.05) is 0 Å². The van der Waals surface area contributed by atoms with Crippen molar-refractivity contribution in [2.45, 2.75) is 33.7 Å². The first-order valence-electron chi connectivity index (χ1n) is 6.40. The van der Waals surface area contributed by atoms with Crippen molar-refractivity contribution in [2.24, 2.45) is 0 Å². The van der Waals surface area contributed by atoms with Crippen LogP contribution in [-0.2, 0) is 0 Å². The summed E-state index contributed by atoms with van der Waals surface area (Å²) in [5, 5.41) is 3.78. The molecule has 2 rings (SSSR count). The maximum absolute atomic E-state index is 13.9. The lowest BCUT2D eigenvalue weighted by Gasteiger charge is -2.13. The second-order valence-corrected chi connectivity index (χ2v) is 6.05. The fourth-order valence-electron chi connectivity index (χ4n) is 2.11. The van der Waals surface area contributed by atoms with Crippen LogP contribution in [0.4, 0.5) is 4.39 Å². The molecule has 3 nitrogen and oxygen atoms in total. The zero-order valence-corrected chi connectivity index (χ0v) is 12.8. The Morgan fingerprint density at radius 3 is 2.65 bits per heavy atom. The average molecular weight is 292 g/mol. The van der Waals surface area contributed by atoms with Gasteiger partial charge in [-0.15, -0.1) is 11.3 Å². The maximum atomic E-state index is 13.9. The Morgan fingerprint density at radius 1 is 1.35 bits per heavy atom. The maximum Gasteiger partial charge on any atom is 0.254 e. The zero-order valence-electron chi connectivity index (χ0n) is 12.0. The van der Waals surface area contributed by atoms with Crippen LogP contribution < -0.4 is 5.32 Å². The number of amides is 1. The van der Waals surface area contributed by atoms with Crippen LogP contribution in [0.2, 0.25) is 0 Å². The van der Waals surface area contributed by atoms with Crippen LogP contribution in [0.1, 0.15) is 44.5 Å². The predicted octanol–water partition coefficient (Wildman–Crippen LogP) is 3.70. The average Bonchev–Trinajstić information content (AvgIpc) is 2.71. The molecule has 0 spiro atoms. The normalized spacial score (nSPS) is 12.2. The quantitative estimate of drug-likeness (QED) is 0.937. The van der Waals surface area contributed by atoms with E-state index in [2.05, 4.69) is 10.3 Å². The first-order valence-corrected chi connectivity index (χ1v) is 7.21. The Balaban J connectivity index is 2.19. The molecular formula is C15H17FN2OS. The molecule has 0 aliphatic heterocycles. The molecule has 0 bridgehead atoms. The molecule has 0 saturated heterocycles. The number of rotatable bonds is 3. The number of benzene rings is 1. The van der Waals surface area contributed by atoms with Gasteiger partial charge in [-0.05, 0) is 39.3 Å². The summed E-state index contributed by atoms with van der Waals surface area (Å²) in [6, 6.07) is 4.63. The monoisotopic (exact) mass is 292 g/mol. The number of hydrogen-bond acceptors (Lipinski definition) is 3. The molecule has 1 N–H and O–H groups in total. The molecule has 0 aliphatic rings. The largest absolute Gasteiger partial charge is 0.345 e. The third kappa shape index (κ3) is 2.88. The molecule has 1 unspecified atom stereocenters. The van der Waals surface area contributed by atoms with Gasteiger partial charge in [0.25, 0.3) is 5.91 Å². The zero-order chi connectivity index (χ0) is 14.9. The number of nitrogens with one attached hydrogen (secondary N) is 1. The number of halogens is 1. The Labute approximate surface area is 121 Å². The summed E-state index contributed by atoms with van der Waals surface area (Å²) in [4.78, 5) is 17.5. The van der Waals surface area contributed by atoms with E-state index >= 15 is 0 Å². The Kier molecular flexibility index (Phi) is 4.18. The van der Waals surface area contributed by atoms with E-state index in [1.165, 1.54) is 6.07 Å². The third-order valence-electron chi connectivity index (χ3n) is 3.12. The summed E-state index contributed by atoms with van der Waals surface area (Å²) < 4.78 is 13.9. The summed E-state index contributed by atoms with van der Waals surface area (Å²) in [7, 11) is 0. The summed E-state index contributed by atoms with van der Waals surface area (Å²) in [5.41, 5.74) is 1.45. The van der Waals surface area contributed by atoms with Crippen molar-refractivity contribution in [3.8, 4) is 0 Å². The predicted molar refractivity (Wildman–Crippen MR) is 78.6 cm³/mol. The minimum Gasteiger partial charge on any atom is -0.345 e. The van der Waals surface area contributed by atoms with Gasteiger partial charge in [-0.3, -0.25) is 4.79 Å². The van der Waals surface area contributed by atoms with Crippen LogP contribution in [0, 0.1) is 26.6 Å². The second kappa shape index (κ2) is 5.71. The van der Waals surface area contributed by atoms with Gasteiger partial charge in [0.05, 0.1) is 22.3 Å². The number of aromatic nitrogens is 1. The molecule has 106 valence electrons. The molecule has 5 heteroatoms. The standard InChI is InChI=1S/C15H17FN2OS/c1-8-6-5-7-12(13(8)16)15(19)18-10(3)14-9(2)17-11(4)20-14/h5-7,10H,1-4H3,(H,18,19). The van der Waals surface area contributed by atoms with Gasteiger partial charge in [-0.2, -0.15) is 0 Å². The molecule has 1 atom stereocenters. The number of nitrogens with zero attached hydrogens (tertiary/aromatic N) is 1. The fourth-order valence-corrected chi connectivity index (χ4v) is 3.04. The van der Waals surface area contributed by atoms with Gasteiger partial charge in [0.1, 0.15) is 5.82 Å². The van der Waals surface area contributed by atoms with Crippen molar-refractivity contribution in [3.63, 3.8) is 0 Å². The molecule has 20 heavy (non-hydrogen) atoms. The molecule has 0 aliphatic carbocycles. The first-order chi connectivity index (χ1) is 9.40.